The minimum Gasteiger partial charge on any atom is -0.369 e. The van der Waals surface area contributed by atoms with Crippen LogP contribution < -0.4 is 10.2 Å². The molecule has 3 rings (SSSR count). The quantitative estimate of drug-likeness (QED) is 0.888. The van der Waals surface area contributed by atoms with Crippen LogP contribution in [0.3, 0.4) is 0 Å². The molecule has 0 radical (unpaired) electrons. The average molecular weight is 287 g/mol. The highest BCUT2D eigenvalue weighted by molar-refractivity contribution is 5.32. The molecule has 6 heteroatoms. The number of hydrogen-bond donors (Lipinski definition) is 2. The SMILES string of the molecule is COC(c1ccccc1)c1nc(N2CCN[C@@H](C)C2)n[nH]1. The second-order valence-corrected chi connectivity index (χ2v) is 5.35. The van der Waals surface area contributed by atoms with Crippen LogP contribution in [0.25, 0.3) is 0 Å². The molecular weight excluding hydrogens is 266 g/mol. The molecule has 1 aliphatic heterocycles. The van der Waals surface area contributed by atoms with E-state index < -0.39 is 0 Å². The molecule has 2 atom stereocenters. The van der Waals surface area contributed by atoms with E-state index >= 15 is 0 Å². The fourth-order valence-corrected chi connectivity index (χ4v) is 2.67. The molecule has 1 aromatic carbocycles. The number of methoxy groups -OCH3 is 1. The van der Waals surface area contributed by atoms with E-state index in [1.165, 1.54) is 0 Å². The number of aromatic nitrogens is 3. The molecule has 1 aliphatic rings. The van der Waals surface area contributed by atoms with Crippen LogP contribution in [0.2, 0.25) is 0 Å². The molecule has 21 heavy (non-hydrogen) atoms. The number of nitrogens with zero attached hydrogens (tertiary/aromatic N) is 3. The number of aromatic amines is 1. The fourth-order valence-electron chi connectivity index (χ4n) is 2.67. The topological polar surface area (TPSA) is 66.1 Å². The number of rotatable bonds is 4. The van der Waals surface area contributed by atoms with Gasteiger partial charge in [-0.1, -0.05) is 30.3 Å². The van der Waals surface area contributed by atoms with Gasteiger partial charge in [-0.3, -0.25) is 5.10 Å². The standard InChI is InChI=1S/C15H21N5O/c1-11-10-20(9-8-16-11)15-17-14(18-19-15)13(21-2)12-6-4-3-5-7-12/h3-7,11,13,16H,8-10H2,1-2H3,(H,17,18,19)/t11-,13?/m0/s1. The van der Waals surface area contributed by atoms with Gasteiger partial charge >= 0.3 is 0 Å². The van der Waals surface area contributed by atoms with Gasteiger partial charge in [0.2, 0.25) is 5.95 Å². The van der Waals surface area contributed by atoms with E-state index in [-0.39, 0.29) is 6.10 Å². The minimum absolute atomic E-state index is 0.215. The van der Waals surface area contributed by atoms with Gasteiger partial charge in [0.1, 0.15) is 6.10 Å². The maximum absolute atomic E-state index is 5.58. The number of piperazine rings is 1. The Hall–Kier alpha value is -1.92. The van der Waals surface area contributed by atoms with Crippen LogP contribution in [-0.2, 0) is 4.74 Å². The lowest BCUT2D eigenvalue weighted by atomic mass is 10.1. The first-order valence-corrected chi connectivity index (χ1v) is 7.26. The van der Waals surface area contributed by atoms with Crippen molar-refractivity contribution in [3.8, 4) is 0 Å². The minimum atomic E-state index is -0.215. The average Bonchev–Trinajstić information content (AvgIpc) is 2.99. The summed E-state index contributed by atoms with van der Waals surface area (Å²) in [5.41, 5.74) is 1.07. The number of nitrogens with one attached hydrogen (secondary N) is 2. The third-order valence-corrected chi connectivity index (χ3v) is 3.73. The summed E-state index contributed by atoms with van der Waals surface area (Å²) in [5, 5.41) is 10.8. The Balaban J connectivity index is 1.80. The molecule has 0 bridgehead atoms. The van der Waals surface area contributed by atoms with Crippen molar-refractivity contribution in [1.82, 2.24) is 20.5 Å². The van der Waals surface area contributed by atoms with Gasteiger partial charge in [0.05, 0.1) is 0 Å². The van der Waals surface area contributed by atoms with Crippen LogP contribution in [-0.4, -0.2) is 48.0 Å². The molecule has 0 amide bonds. The summed E-state index contributed by atoms with van der Waals surface area (Å²) in [5.74, 6) is 1.49. The van der Waals surface area contributed by atoms with Crippen LogP contribution in [0.5, 0.6) is 0 Å². The Morgan fingerprint density at radius 3 is 2.86 bits per heavy atom. The van der Waals surface area contributed by atoms with Gasteiger partial charge in [-0.2, -0.15) is 4.98 Å². The molecule has 0 saturated carbocycles. The largest absolute Gasteiger partial charge is 0.369 e. The summed E-state index contributed by atoms with van der Waals surface area (Å²) in [7, 11) is 1.69. The van der Waals surface area contributed by atoms with E-state index in [2.05, 4.69) is 32.3 Å². The van der Waals surface area contributed by atoms with Gasteiger partial charge in [0.15, 0.2) is 5.82 Å². The van der Waals surface area contributed by atoms with Crippen LogP contribution in [0.4, 0.5) is 5.95 Å². The summed E-state index contributed by atoms with van der Waals surface area (Å²) in [6.07, 6.45) is -0.215. The number of hydrogen-bond acceptors (Lipinski definition) is 5. The maximum atomic E-state index is 5.58. The Morgan fingerprint density at radius 2 is 2.14 bits per heavy atom. The van der Waals surface area contributed by atoms with Gasteiger partial charge in [0.25, 0.3) is 0 Å². The summed E-state index contributed by atoms with van der Waals surface area (Å²) < 4.78 is 5.58. The summed E-state index contributed by atoms with van der Waals surface area (Å²) in [4.78, 5) is 6.82. The number of H-pyrrole nitrogens is 1. The van der Waals surface area contributed by atoms with Gasteiger partial charge in [0, 0.05) is 32.8 Å². The third kappa shape index (κ3) is 3.06. The molecule has 112 valence electrons. The number of ether oxygens (including phenoxy) is 1. The molecular formula is C15H21N5O. The highest BCUT2D eigenvalue weighted by atomic mass is 16.5. The Labute approximate surface area is 124 Å². The summed E-state index contributed by atoms with van der Waals surface area (Å²) >= 11 is 0. The monoisotopic (exact) mass is 287 g/mol. The molecule has 1 saturated heterocycles. The van der Waals surface area contributed by atoms with Crippen molar-refractivity contribution < 1.29 is 4.74 Å². The highest BCUT2D eigenvalue weighted by Gasteiger charge is 2.22. The lowest BCUT2D eigenvalue weighted by Crippen LogP contribution is -2.49. The lowest BCUT2D eigenvalue weighted by Gasteiger charge is -2.30. The number of anilines is 1. The van der Waals surface area contributed by atoms with Crippen LogP contribution in [0.15, 0.2) is 30.3 Å². The molecule has 0 spiro atoms. The van der Waals surface area contributed by atoms with E-state index in [4.69, 9.17) is 4.74 Å². The predicted molar refractivity (Wildman–Crippen MR) is 81.4 cm³/mol. The maximum Gasteiger partial charge on any atom is 0.244 e. The first-order valence-electron chi connectivity index (χ1n) is 7.26. The van der Waals surface area contributed by atoms with E-state index in [1.54, 1.807) is 7.11 Å². The van der Waals surface area contributed by atoms with Crippen LogP contribution >= 0.6 is 0 Å². The Morgan fingerprint density at radius 1 is 1.33 bits per heavy atom. The van der Waals surface area contributed by atoms with Crippen LogP contribution in [0.1, 0.15) is 24.4 Å². The normalized spacial score (nSPS) is 20.5. The van der Waals surface area contributed by atoms with Gasteiger partial charge in [-0.25, -0.2) is 0 Å². The molecule has 6 nitrogen and oxygen atoms in total. The van der Waals surface area contributed by atoms with Gasteiger partial charge < -0.3 is 15.0 Å². The van der Waals surface area contributed by atoms with E-state index in [1.807, 2.05) is 30.3 Å². The highest BCUT2D eigenvalue weighted by Crippen LogP contribution is 2.23. The van der Waals surface area contributed by atoms with Crippen molar-refractivity contribution in [2.24, 2.45) is 0 Å². The lowest BCUT2D eigenvalue weighted by molar-refractivity contribution is 0.129. The molecule has 2 N–H and O–H groups in total. The zero-order valence-electron chi connectivity index (χ0n) is 12.4. The molecule has 1 fully saturated rings. The number of benzene rings is 1. The van der Waals surface area contributed by atoms with E-state index in [0.717, 1.165) is 37.0 Å². The predicted octanol–water partition coefficient (Wildman–Crippen LogP) is 1.34. The van der Waals surface area contributed by atoms with Crippen molar-refractivity contribution in [3.63, 3.8) is 0 Å². The molecule has 1 unspecified atom stereocenters. The molecule has 2 heterocycles. The first-order chi connectivity index (χ1) is 10.3. The zero-order valence-corrected chi connectivity index (χ0v) is 12.4. The molecule has 2 aromatic rings. The second kappa shape index (κ2) is 6.24. The van der Waals surface area contributed by atoms with Gasteiger partial charge in [-0.05, 0) is 12.5 Å². The Kier molecular flexibility index (Phi) is 4.17. The van der Waals surface area contributed by atoms with E-state index in [9.17, 15) is 0 Å². The van der Waals surface area contributed by atoms with Crippen molar-refractivity contribution in [1.29, 1.82) is 0 Å². The van der Waals surface area contributed by atoms with Crippen molar-refractivity contribution in [3.05, 3.63) is 41.7 Å². The summed E-state index contributed by atoms with van der Waals surface area (Å²) in [6.45, 7) is 4.96. The van der Waals surface area contributed by atoms with Crippen molar-refractivity contribution in [2.45, 2.75) is 19.1 Å². The fraction of sp³-hybridized carbons (Fsp3) is 0.467. The third-order valence-electron chi connectivity index (χ3n) is 3.73. The van der Waals surface area contributed by atoms with Crippen LogP contribution in [0, 0.1) is 0 Å². The summed E-state index contributed by atoms with van der Waals surface area (Å²) in [6, 6.07) is 10.5. The second-order valence-electron chi connectivity index (χ2n) is 5.35. The molecule has 0 aliphatic carbocycles. The van der Waals surface area contributed by atoms with Gasteiger partial charge in [-0.15, -0.1) is 5.10 Å². The van der Waals surface area contributed by atoms with Crippen molar-refractivity contribution >= 4 is 5.95 Å². The first kappa shape index (κ1) is 14.0. The zero-order chi connectivity index (χ0) is 14.7. The van der Waals surface area contributed by atoms with E-state index in [0.29, 0.717) is 6.04 Å². The smallest absolute Gasteiger partial charge is 0.244 e. The molecule has 1 aromatic heterocycles. The Bertz CT molecular complexity index is 570. The van der Waals surface area contributed by atoms with Crippen molar-refractivity contribution in [2.75, 3.05) is 31.6 Å².